The maximum Gasteiger partial charge on any atom is 0.304 e. The summed E-state index contributed by atoms with van der Waals surface area (Å²) in [5.41, 5.74) is 8.33. The van der Waals surface area contributed by atoms with Crippen LogP contribution in [0.1, 0.15) is 53.1 Å². The normalized spacial score (nSPS) is 18.2. The highest BCUT2D eigenvalue weighted by molar-refractivity contribution is 7.17. The third kappa shape index (κ3) is 4.02. The number of carbonyl (C=O) groups is 1. The number of H-pyrrole nitrogens is 2. The van der Waals surface area contributed by atoms with Crippen LogP contribution < -0.4 is 10.5 Å². The molecule has 0 radical (unpaired) electrons. The standard InChI is InChI=1S/C21H19ClN10O2S/c22-17-16(29-20(35-17)18(23)33)10-2-1-3-11(6-10)32-14-7-12(19-25-9-27-31-19)24-8-13(14)28-21(32)34-15-4-5-26-30-15/h4-5,7-11H,1-3,6H2,(H2,23,33)(H,26,30)(H,25,27,31)/t10-,11+/m0/s1. The molecule has 0 spiro atoms. The first-order chi connectivity index (χ1) is 17.1. The van der Waals surface area contributed by atoms with Crippen molar-refractivity contribution in [2.75, 3.05) is 0 Å². The fourth-order valence-corrected chi connectivity index (χ4v) is 5.72. The maximum atomic E-state index is 11.6. The van der Waals surface area contributed by atoms with E-state index in [0.29, 0.717) is 33.3 Å². The number of pyridine rings is 1. The van der Waals surface area contributed by atoms with Gasteiger partial charge in [-0.1, -0.05) is 29.4 Å². The third-order valence-corrected chi connectivity index (χ3v) is 7.40. The van der Waals surface area contributed by atoms with Gasteiger partial charge in [0.15, 0.2) is 10.8 Å². The van der Waals surface area contributed by atoms with Crippen molar-refractivity contribution in [2.24, 2.45) is 5.73 Å². The van der Waals surface area contributed by atoms with E-state index in [1.165, 1.54) is 6.33 Å². The molecule has 1 aliphatic rings. The first kappa shape index (κ1) is 21.7. The molecule has 1 fully saturated rings. The number of rotatable bonds is 6. The summed E-state index contributed by atoms with van der Waals surface area (Å²) in [7, 11) is 0. The van der Waals surface area contributed by atoms with E-state index >= 15 is 0 Å². The van der Waals surface area contributed by atoms with Gasteiger partial charge in [0.2, 0.25) is 5.88 Å². The molecular formula is C21H19ClN10O2S. The van der Waals surface area contributed by atoms with Gasteiger partial charge in [-0.05, 0) is 25.3 Å². The van der Waals surface area contributed by atoms with Crippen LogP contribution in [0, 0.1) is 0 Å². The SMILES string of the molecule is NC(=O)c1nc([C@H]2CCC[C@@H](n3c(Oc4ccn[nH]4)nc4cnc(-c5ncn[nH]5)cc43)C2)c(Cl)s1. The van der Waals surface area contributed by atoms with Crippen LogP contribution in [0.4, 0.5) is 0 Å². The van der Waals surface area contributed by atoms with Crippen LogP contribution in [-0.2, 0) is 0 Å². The number of fused-ring (bicyclic) bond motifs is 1. The van der Waals surface area contributed by atoms with E-state index in [9.17, 15) is 4.79 Å². The molecule has 12 nitrogen and oxygen atoms in total. The molecule has 2 atom stereocenters. The number of imidazole rings is 1. The zero-order chi connectivity index (χ0) is 23.9. The predicted molar refractivity (Wildman–Crippen MR) is 127 cm³/mol. The lowest BCUT2D eigenvalue weighted by atomic mass is 9.84. The molecule has 1 amide bonds. The fraction of sp³-hybridized carbons (Fsp3) is 0.286. The number of nitrogens with one attached hydrogen (secondary N) is 2. The minimum Gasteiger partial charge on any atom is -0.407 e. The third-order valence-electron chi connectivity index (χ3n) is 6.10. The first-order valence-corrected chi connectivity index (χ1v) is 12.1. The Kier molecular flexibility index (Phi) is 5.41. The molecular weight excluding hydrogens is 492 g/mol. The number of amides is 1. The predicted octanol–water partition coefficient (Wildman–Crippen LogP) is 3.84. The quantitative estimate of drug-likeness (QED) is 0.309. The second-order valence-electron chi connectivity index (χ2n) is 8.24. The monoisotopic (exact) mass is 510 g/mol. The van der Waals surface area contributed by atoms with Gasteiger partial charge in [-0.25, -0.2) is 15.1 Å². The minimum absolute atomic E-state index is 0.0384. The summed E-state index contributed by atoms with van der Waals surface area (Å²) in [6.07, 6.45) is 8.25. The Morgan fingerprint density at radius 1 is 1.23 bits per heavy atom. The molecule has 14 heteroatoms. The lowest BCUT2D eigenvalue weighted by Gasteiger charge is -2.30. The molecule has 0 unspecified atom stereocenters. The number of aromatic nitrogens is 9. The molecule has 5 aromatic rings. The van der Waals surface area contributed by atoms with Crippen molar-refractivity contribution in [3.8, 4) is 23.4 Å². The summed E-state index contributed by atoms with van der Waals surface area (Å²) in [5.74, 6) is 0.536. The number of primary amides is 1. The summed E-state index contributed by atoms with van der Waals surface area (Å²) in [6.45, 7) is 0. The molecule has 0 saturated heterocycles. The van der Waals surface area contributed by atoms with Gasteiger partial charge in [-0.3, -0.25) is 19.4 Å². The summed E-state index contributed by atoms with van der Waals surface area (Å²) >= 11 is 7.59. The highest BCUT2D eigenvalue weighted by atomic mass is 35.5. The molecule has 1 saturated carbocycles. The van der Waals surface area contributed by atoms with E-state index in [-0.39, 0.29) is 17.0 Å². The number of carbonyl (C=O) groups excluding carboxylic acids is 1. The number of halogens is 1. The number of hydrogen-bond donors (Lipinski definition) is 3. The lowest BCUT2D eigenvalue weighted by molar-refractivity contribution is 0.0999. The Hall–Kier alpha value is -3.84. The molecule has 0 bridgehead atoms. The van der Waals surface area contributed by atoms with Gasteiger partial charge >= 0.3 is 6.01 Å². The van der Waals surface area contributed by atoms with E-state index in [0.717, 1.165) is 48.2 Å². The van der Waals surface area contributed by atoms with Gasteiger partial charge in [0.05, 0.1) is 23.6 Å². The van der Waals surface area contributed by atoms with Gasteiger partial charge in [0.25, 0.3) is 5.91 Å². The van der Waals surface area contributed by atoms with Crippen molar-refractivity contribution in [3.63, 3.8) is 0 Å². The average Bonchev–Trinajstić information content (AvgIpc) is 3.65. The molecule has 5 heterocycles. The Morgan fingerprint density at radius 2 is 2.14 bits per heavy atom. The van der Waals surface area contributed by atoms with Gasteiger partial charge in [-0.15, -0.1) is 0 Å². The van der Waals surface area contributed by atoms with Crippen LogP contribution >= 0.6 is 22.9 Å². The number of hydrogen-bond acceptors (Lipinski definition) is 9. The van der Waals surface area contributed by atoms with Gasteiger partial charge < -0.3 is 10.5 Å². The molecule has 35 heavy (non-hydrogen) atoms. The fourth-order valence-electron chi connectivity index (χ4n) is 4.58. The van der Waals surface area contributed by atoms with Crippen LogP contribution in [-0.4, -0.2) is 50.8 Å². The van der Waals surface area contributed by atoms with E-state index in [4.69, 9.17) is 27.1 Å². The van der Waals surface area contributed by atoms with E-state index in [2.05, 4.69) is 39.9 Å². The van der Waals surface area contributed by atoms with Crippen molar-refractivity contribution < 1.29 is 9.53 Å². The Balaban J connectivity index is 1.42. The van der Waals surface area contributed by atoms with Crippen LogP contribution in [0.25, 0.3) is 22.6 Å². The lowest BCUT2D eigenvalue weighted by Crippen LogP contribution is -2.19. The number of ether oxygens (including phenoxy) is 1. The smallest absolute Gasteiger partial charge is 0.304 e. The number of nitrogens with zero attached hydrogens (tertiary/aromatic N) is 7. The number of aromatic amines is 2. The van der Waals surface area contributed by atoms with Crippen molar-refractivity contribution in [2.45, 2.75) is 37.6 Å². The zero-order valence-electron chi connectivity index (χ0n) is 18.2. The molecule has 6 rings (SSSR count). The molecule has 0 aliphatic heterocycles. The number of nitrogens with two attached hydrogens (primary N) is 1. The zero-order valence-corrected chi connectivity index (χ0v) is 19.8. The molecule has 0 aromatic carbocycles. The largest absolute Gasteiger partial charge is 0.407 e. The molecule has 4 N–H and O–H groups in total. The van der Waals surface area contributed by atoms with Crippen molar-refractivity contribution >= 4 is 39.9 Å². The van der Waals surface area contributed by atoms with Gasteiger partial charge in [0.1, 0.15) is 21.9 Å². The summed E-state index contributed by atoms with van der Waals surface area (Å²) < 4.78 is 8.68. The highest BCUT2D eigenvalue weighted by Gasteiger charge is 2.32. The summed E-state index contributed by atoms with van der Waals surface area (Å²) in [4.78, 5) is 29.5. The minimum atomic E-state index is -0.571. The van der Waals surface area contributed by atoms with Crippen LogP contribution in [0.3, 0.4) is 0 Å². The molecule has 5 aromatic heterocycles. The number of thiazole rings is 1. The van der Waals surface area contributed by atoms with Crippen LogP contribution in [0.5, 0.6) is 11.9 Å². The second-order valence-corrected chi connectivity index (χ2v) is 9.84. The first-order valence-electron chi connectivity index (χ1n) is 10.9. The Bertz CT molecular complexity index is 1490. The topological polar surface area (TPSA) is 166 Å². The second kappa shape index (κ2) is 8.74. The van der Waals surface area contributed by atoms with Gasteiger partial charge in [0, 0.05) is 18.0 Å². The Labute approximate surface area is 206 Å². The summed E-state index contributed by atoms with van der Waals surface area (Å²) in [5, 5.41) is 13.8. The molecule has 178 valence electrons. The van der Waals surface area contributed by atoms with E-state index < -0.39 is 5.91 Å². The van der Waals surface area contributed by atoms with Crippen LogP contribution in [0.15, 0.2) is 30.9 Å². The maximum absolute atomic E-state index is 11.6. The van der Waals surface area contributed by atoms with Crippen molar-refractivity contribution in [1.82, 2.24) is 44.9 Å². The van der Waals surface area contributed by atoms with E-state index in [1.54, 1.807) is 18.5 Å². The van der Waals surface area contributed by atoms with Gasteiger partial charge in [-0.2, -0.15) is 15.2 Å². The molecule has 1 aliphatic carbocycles. The van der Waals surface area contributed by atoms with Crippen molar-refractivity contribution in [3.05, 3.63) is 45.9 Å². The average molecular weight is 511 g/mol. The van der Waals surface area contributed by atoms with E-state index in [1.807, 2.05) is 6.07 Å². The van der Waals surface area contributed by atoms with Crippen molar-refractivity contribution in [1.29, 1.82) is 0 Å². The highest BCUT2D eigenvalue weighted by Crippen LogP contribution is 2.44. The van der Waals surface area contributed by atoms with Crippen LogP contribution in [0.2, 0.25) is 4.34 Å². The summed E-state index contributed by atoms with van der Waals surface area (Å²) in [6, 6.07) is 4.12. The Morgan fingerprint density at radius 3 is 2.89 bits per heavy atom.